The van der Waals surface area contributed by atoms with E-state index in [0.29, 0.717) is 0 Å². The molecule has 1 unspecified atom stereocenters. The van der Waals surface area contributed by atoms with Crippen molar-refractivity contribution in [2.24, 2.45) is 0 Å². The molecule has 1 N–H and O–H groups in total. The van der Waals surface area contributed by atoms with E-state index in [2.05, 4.69) is 0 Å². The van der Waals surface area contributed by atoms with Gasteiger partial charge in [0.05, 0.1) is 0 Å². The summed E-state index contributed by atoms with van der Waals surface area (Å²) in [5.41, 5.74) is -0.610. The number of piperidine rings is 1. The molecule has 0 bridgehead atoms. The van der Waals surface area contributed by atoms with Crippen molar-refractivity contribution in [3.05, 3.63) is 35.1 Å². The Kier molecular flexibility index (Phi) is 3.93. The Morgan fingerprint density at radius 2 is 1.86 bits per heavy atom. The van der Waals surface area contributed by atoms with Crippen LogP contribution in [-0.4, -0.2) is 34.9 Å². The molecule has 3 rings (SSSR count). The largest absolute Gasteiger partial charge is 0.417 e. The van der Waals surface area contributed by atoms with Crippen molar-refractivity contribution in [2.45, 2.75) is 49.9 Å². The number of alkyl halides is 3. The van der Waals surface area contributed by atoms with Gasteiger partial charge in [-0.1, -0.05) is 6.07 Å². The van der Waals surface area contributed by atoms with Gasteiger partial charge in [-0.3, -0.25) is 4.90 Å². The number of hydrogen-bond acceptors (Lipinski definition) is 2. The van der Waals surface area contributed by atoms with Gasteiger partial charge in [-0.05, 0) is 55.4 Å². The van der Waals surface area contributed by atoms with E-state index in [-0.39, 0.29) is 37.8 Å². The summed E-state index contributed by atoms with van der Waals surface area (Å²) in [6.45, 7) is 0.354. The molecule has 2 nitrogen and oxygen atoms in total. The first-order valence-corrected chi connectivity index (χ1v) is 7.62. The van der Waals surface area contributed by atoms with Gasteiger partial charge in [0.2, 0.25) is 0 Å². The lowest BCUT2D eigenvalue weighted by molar-refractivity contribution is -0.273. The van der Waals surface area contributed by atoms with Crippen molar-refractivity contribution in [1.29, 1.82) is 0 Å². The van der Waals surface area contributed by atoms with Crippen LogP contribution in [0.1, 0.15) is 42.9 Å². The third kappa shape index (κ3) is 2.74. The predicted octanol–water partition coefficient (Wildman–Crippen LogP) is 3.59. The molecule has 6 heteroatoms. The van der Waals surface area contributed by atoms with E-state index in [1.165, 1.54) is 12.1 Å². The van der Waals surface area contributed by atoms with Crippen LogP contribution in [-0.2, 0) is 6.42 Å². The lowest BCUT2D eigenvalue weighted by atomic mass is 9.84. The summed E-state index contributed by atoms with van der Waals surface area (Å²) in [7, 11) is 0. The zero-order chi connectivity index (χ0) is 16.0. The molecule has 0 radical (unpaired) electrons. The molecule has 1 aliphatic carbocycles. The number of aryl methyl sites for hydroxylation is 1. The molecule has 122 valence electrons. The molecule has 1 heterocycles. The highest BCUT2D eigenvalue weighted by atomic mass is 19.4. The van der Waals surface area contributed by atoms with Crippen LogP contribution in [0.4, 0.5) is 17.6 Å². The van der Waals surface area contributed by atoms with Crippen LogP contribution in [0.5, 0.6) is 0 Å². The molecule has 2 aliphatic rings. The van der Waals surface area contributed by atoms with E-state index in [1.807, 2.05) is 4.90 Å². The lowest BCUT2D eigenvalue weighted by Crippen LogP contribution is -2.54. The van der Waals surface area contributed by atoms with Crippen LogP contribution < -0.4 is 0 Å². The zero-order valence-corrected chi connectivity index (χ0v) is 12.2. The molecule has 0 amide bonds. The second-order valence-electron chi connectivity index (χ2n) is 6.32. The van der Waals surface area contributed by atoms with Crippen molar-refractivity contribution in [2.75, 3.05) is 13.1 Å². The maximum absolute atomic E-state index is 13.5. The molecular formula is C16H19F4NO. The van der Waals surface area contributed by atoms with E-state index in [4.69, 9.17) is 0 Å². The lowest BCUT2D eigenvalue weighted by Gasteiger charge is -2.43. The Bertz CT molecular complexity index is 550. The Morgan fingerprint density at radius 3 is 2.50 bits per heavy atom. The van der Waals surface area contributed by atoms with Crippen molar-refractivity contribution in [3.8, 4) is 0 Å². The molecule has 1 fully saturated rings. The van der Waals surface area contributed by atoms with Crippen LogP contribution in [0, 0.1) is 5.82 Å². The highest BCUT2D eigenvalue weighted by Gasteiger charge is 2.55. The van der Waals surface area contributed by atoms with Crippen molar-refractivity contribution < 1.29 is 22.7 Å². The maximum Gasteiger partial charge on any atom is 0.417 e. The average molecular weight is 317 g/mol. The van der Waals surface area contributed by atoms with Gasteiger partial charge in [-0.25, -0.2) is 4.39 Å². The number of likely N-dealkylation sites (tertiary alicyclic amines) is 1. The first-order chi connectivity index (χ1) is 10.3. The topological polar surface area (TPSA) is 23.5 Å². The first-order valence-electron chi connectivity index (χ1n) is 7.62. The number of benzene rings is 1. The van der Waals surface area contributed by atoms with Gasteiger partial charge in [0.1, 0.15) is 5.82 Å². The van der Waals surface area contributed by atoms with Crippen LogP contribution in [0.3, 0.4) is 0 Å². The second-order valence-corrected chi connectivity index (χ2v) is 6.32. The molecule has 1 aliphatic heterocycles. The minimum Gasteiger partial charge on any atom is -0.380 e. The van der Waals surface area contributed by atoms with Gasteiger partial charge in [0.25, 0.3) is 0 Å². The smallest absolute Gasteiger partial charge is 0.380 e. The summed E-state index contributed by atoms with van der Waals surface area (Å²) in [4.78, 5) is 1.96. The van der Waals surface area contributed by atoms with Gasteiger partial charge in [0.15, 0.2) is 5.60 Å². The van der Waals surface area contributed by atoms with Gasteiger partial charge in [0, 0.05) is 19.1 Å². The summed E-state index contributed by atoms with van der Waals surface area (Å²) in [6.07, 6.45) is -2.58. The molecule has 1 saturated heterocycles. The predicted molar refractivity (Wildman–Crippen MR) is 73.9 cm³/mol. The first kappa shape index (κ1) is 15.7. The minimum atomic E-state index is -4.59. The summed E-state index contributed by atoms with van der Waals surface area (Å²) >= 11 is 0. The monoisotopic (exact) mass is 317 g/mol. The molecule has 0 aromatic heterocycles. The maximum atomic E-state index is 13.5. The molecule has 0 spiro atoms. The van der Waals surface area contributed by atoms with Crippen LogP contribution in [0.25, 0.3) is 0 Å². The van der Waals surface area contributed by atoms with Crippen LogP contribution in [0.2, 0.25) is 0 Å². The molecule has 1 atom stereocenters. The van der Waals surface area contributed by atoms with E-state index in [1.54, 1.807) is 6.07 Å². The number of aliphatic hydroxyl groups is 1. The van der Waals surface area contributed by atoms with Crippen LogP contribution >= 0.6 is 0 Å². The fraction of sp³-hybridized carbons (Fsp3) is 0.625. The number of hydrogen-bond donors (Lipinski definition) is 1. The summed E-state index contributed by atoms with van der Waals surface area (Å²) in [5, 5.41) is 9.75. The van der Waals surface area contributed by atoms with Gasteiger partial charge >= 0.3 is 6.18 Å². The number of halogens is 4. The molecule has 1 aromatic rings. The summed E-state index contributed by atoms with van der Waals surface area (Å²) in [6, 6.07) is 4.66. The second kappa shape index (κ2) is 5.49. The Balaban J connectivity index is 1.77. The fourth-order valence-corrected chi connectivity index (χ4v) is 3.61. The van der Waals surface area contributed by atoms with E-state index >= 15 is 0 Å². The summed E-state index contributed by atoms with van der Waals surface area (Å²) < 4.78 is 52.1. The number of fused-ring (bicyclic) bond motifs is 1. The standard InChI is InChI=1S/C16H19F4NO/c17-12-5-4-11-2-1-3-14(13(11)10-12)21-8-6-15(22,7-9-21)16(18,19)20/h4-5,10,14,22H,1-3,6-9H2. The van der Waals surface area contributed by atoms with Crippen LogP contribution in [0.15, 0.2) is 18.2 Å². The third-order valence-corrected chi connectivity index (χ3v) is 4.98. The molecule has 1 aromatic carbocycles. The highest BCUT2D eigenvalue weighted by Crippen LogP contribution is 2.42. The van der Waals surface area contributed by atoms with Crippen molar-refractivity contribution in [1.82, 2.24) is 4.90 Å². The summed E-state index contributed by atoms with van der Waals surface area (Å²) in [5.74, 6) is -0.311. The van der Waals surface area contributed by atoms with E-state index in [0.717, 1.165) is 30.4 Å². The van der Waals surface area contributed by atoms with Gasteiger partial charge in [-0.15, -0.1) is 0 Å². The third-order valence-electron chi connectivity index (χ3n) is 4.98. The van der Waals surface area contributed by atoms with Crippen molar-refractivity contribution in [3.63, 3.8) is 0 Å². The normalized spacial score (nSPS) is 25.8. The number of nitrogens with zero attached hydrogens (tertiary/aromatic N) is 1. The quantitative estimate of drug-likeness (QED) is 0.800. The molecule has 0 saturated carbocycles. The Labute approximate surface area is 126 Å². The fourth-order valence-electron chi connectivity index (χ4n) is 3.61. The average Bonchev–Trinajstić information content (AvgIpc) is 2.46. The van der Waals surface area contributed by atoms with E-state index in [9.17, 15) is 22.7 Å². The zero-order valence-electron chi connectivity index (χ0n) is 12.2. The van der Waals surface area contributed by atoms with E-state index < -0.39 is 11.8 Å². The van der Waals surface area contributed by atoms with Gasteiger partial charge in [-0.2, -0.15) is 13.2 Å². The minimum absolute atomic E-state index is 0.0442. The highest BCUT2D eigenvalue weighted by molar-refractivity contribution is 5.33. The molecule has 22 heavy (non-hydrogen) atoms. The Hall–Kier alpha value is -1.14. The van der Waals surface area contributed by atoms with Gasteiger partial charge < -0.3 is 5.11 Å². The van der Waals surface area contributed by atoms with Crippen molar-refractivity contribution >= 4 is 0 Å². The number of rotatable bonds is 1. The SMILES string of the molecule is OC1(C(F)(F)F)CCN(C2CCCc3ccc(F)cc32)CC1. The Morgan fingerprint density at radius 1 is 1.18 bits per heavy atom. The molecular weight excluding hydrogens is 298 g/mol.